The van der Waals surface area contributed by atoms with Crippen molar-refractivity contribution in [3.63, 3.8) is 0 Å². The highest BCUT2D eigenvalue weighted by Gasteiger charge is 2.09. The Morgan fingerprint density at radius 3 is 2.44 bits per heavy atom. The molecule has 2 N–H and O–H groups in total. The third-order valence-electron chi connectivity index (χ3n) is 4.56. The highest BCUT2D eigenvalue weighted by atomic mass is 16.5. The van der Waals surface area contributed by atoms with Crippen LogP contribution < -0.4 is 20.1 Å². The molecule has 3 aromatic carbocycles. The molecule has 0 aliphatic heterocycles. The largest absolute Gasteiger partial charge is 0.497 e. The first-order chi connectivity index (χ1) is 13.1. The molecule has 27 heavy (non-hydrogen) atoms. The summed E-state index contributed by atoms with van der Waals surface area (Å²) in [5.74, 6) is 1.64. The SMILES string of the molecule is CNC(=O)NCCc1cc(-c2cccc(OC)c2)cc2ccc(OC)cc12. The van der Waals surface area contributed by atoms with Crippen molar-refractivity contribution in [1.29, 1.82) is 0 Å². The molecule has 0 fully saturated rings. The number of carbonyl (C=O) groups excluding carboxylic acids is 1. The molecular weight excluding hydrogens is 340 g/mol. The van der Waals surface area contributed by atoms with Gasteiger partial charge in [-0.15, -0.1) is 0 Å². The third-order valence-corrected chi connectivity index (χ3v) is 4.56. The molecule has 140 valence electrons. The van der Waals surface area contributed by atoms with Crippen molar-refractivity contribution in [2.24, 2.45) is 0 Å². The molecule has 0 aliphatic rings. The molecule has 3 rings (SSSR count). The molecule has 0 heterocycles. The summed E-state index contributed by atoms with van der Waals surface area (Å²) in [5, 5.41) is 7.68. The van der Waals surface area contributed by atoms with Crippen LogP contribution in [0.2, 0.25) is 0 Å². The average molecular weight is 364 g/mol. The lowest BCUT2D eigenvalue weighted by Gasteiger charge is -2.13. The molecule has 0 atom stereocenters. The Kier molecular flexibility index (Phi) is 5.81. The van der Waals surface area contributed by atoms with Gasteiger partial charge in [0.2, 0.25) is 0 Å². The minimum Gasteiger partial charge on any atom is -0.497 e. The van der Waals surface area contributed by atoms with Crippen LogP contribution in [0.1, 0.15) is 5.56 Å². The molecule has 5 nitrogen and oxygen atoms in total. The lowest BCUT2D eigenvalue weighted by atomic mass is 9.95. The van der Waals surface area contributed by atoms with Crippen LogP contribution in [0.5, 0.6) is 11.5 Å². The van der Waals surface area contributed by atoms with Crippen molar-refractivity contribution >= 4 is 16.8 Å². The van der Waals surface area contributed by atoms with E-state index >= 15 is 0 Å². The number of urea groups is 1. The van der Waals surface area contributed by atoms with Crippen LogP contribution in [-0.2, 0) is 6.42 Å². The lowest BCUT2D eigenvalue weighted by molar-refractivity contribution is 0.243. The topological polar surface area (TPSA) is 59.6 Å². The fraction of sp³-hybridized carbons (Fsp3) is 0.227. The second kappa shape index (κ2) is 8.45. The molecular formula is C22H24N2O3. The van der Waals surface area contributed by atoms with E-state index in [0.29, 0.717) is 6.54 Å². The number of rotatable bonds is 6. The van der Waals surface area contributed by atoms with Gasteiger partial charge in [-0.25, -0.2) is 4.79 Å². The van der Waals surface area contributed by atoms with E-state index in [-0.39, 0.29) is 6.03 Å². The van der Waals surface area contributed by atoms with Crippen LogP contribution in [0.3, 0.4) is 0 Å². The number of hydrogen-bond acceptors (Lipinski definition) is 3. The maximum Gasteiger partial charge on any atom is 0.314 e. The molecule has 5 heteroatoms. The maximum absolute atomic E-state index is 11.5. The Morgan fingerprint density at radius 1 is 0.926 bits per heavy atom. The first-order valence-electron chi connectivity index (χ1n) is 8.85. The van der Waals surface area contributed by atoms with Crippen molar-refractivity contribution < 1.29 is 14.3 Å². The van der Waals surface area contributed by atoms with Crippen LogP contribution in [0, 0.1) is 0 Å². The van der Waals surface area contributed by atoms with Crippen molar-refractivity contribution in [2.45, 2.75) is 6.42 Å². The summed E-state index contributed by atoms with van der Waals surface area (Å²) in [4.78, 5) is 11.5. The van der Waals surface area contributed by atoms with E-state index in [2.05, 4.69) is 34.9 Å². The van der Waals surface area contributed by atoms with Gasteiger partial charge in [0.25, 0.3) is 0 Å². The van der Waals surface area contributed by atoms with Crippen LogP contribution in [0.4, 0.5) is 4.79 Å². The minimum absolute atomic E-state index is 0.180. The number of methoxy groups -OCH3 is 2. The number of benzene rings is 3. The van der Waals surface area contributed by atoms with Gasteiger partial charge in [-0.3, -0.25) is 0 Å². The fourth-order valence-corrected chi connectivity index (χ4v) is 3.12. The normalized spacial score (nSPS) is 10.5. The monoisotopic (exact) mass is 364 g/mol. The molecule has 0 aromatic heterocycles. The molecule has 0 bridgehead atoms. The predicted molar refractivity (Wildman–Crippen MR) is 109 cm³/mol. The highest BCUT2D eigenvalue weighted by molar-refractivity contribution is 5.91. The summed E-state index contributed by atoms with van der Waals surface area (Å²) in [7, 11) is 4.94. The Labute approximate surface area is 159 Å². The summed E-state index contributed by atoms with van der Waals surface area (Å²) in [6, 6.07) is 18.2. The van der Waals surface area contributed by atoms with Gasteiger partial charge >= 0.3 is 6.03 Å². The lowest BCUT2D eigenvalue weighted by Crippen LogP contribution is -2.34. The number of ether oxygens (including phenoxy) is 2. The van der Waals surface area contributed by atoms with Gasteiger partial charge in [0.15, 0.2) is 0 Å². The second-order valence-corrected chi connectivity index (χ2v) is 6.21. The van der Waals surface area contributed by atoms with Gasteiger partial charge in [-0.2, -0.15) is 0 Å². The van der Waals surface area contributed by atoms with Crippen LogP contribution in [0.25, 0.3) is 21.9 Å². The summed E-state index contributed by atoms with van der Waals surface area (Å²) >= 11 is 0. The number of hydrogen-bond donors (Lipinski definition) is 2. The summed E-state index contributed by atoms with van der Waals surface area (Å²) in [6.45, 7) is 0.549. The number of amides is 2. The molecule has 0 aliphatic carbocycles. The molecule has 0 spiro atoms. The van der Waals surface area contributed by atoms with E-state index in [4.69, 9.17) is 9.47 Å². The number of fused-ring (bicyclic) bond motifs is 1. The van der Waals surface area contributed by atoms with Crippen molar-refractivity contribution in [3.8, 4) is 22.6 Å². The fourth-order valence-electron chi connectivity index (χ4n) is 3.12. The zero-order valence-corrected chi connectivity index (χ0v) is 15.8. The Balaban J connectivity index is 2.03. The summed E-state index contributed by atoms with van der Waals surface area (Å²) < 4.78 is 10.7. The maximum atomic E-state index is 11.5. The van der Waals surface area contributed by atoms with E-state index in [1.54, 1.807) is 21.3 Å². The standard InChI is InChI=1S/C22H24N2O3/c1-23-22(25)24-10-9-17-12-18(15-5-4-6-19(13-15)26-2)11-16-7-8-20(27-3)14-21(16)17/h4-8,11-14H,9-10H2,1-3H3,(H2,23,24,25). The van der Waals surface area contributed by atoms with E-state index in [0.717, 1.165) is 45.4 Å². The Bertz CT molecular complexity index is 953. The Morgan fingerprint density at radius 2 is 1.70 bits per heavy atom. The van der Waals surface area contributed by atoms with Crippen LogP contribution >= 0.6 is 0 Å². The third kappa shape index (κ3) is 4.31. The zero-order chi connectivity index (χ0) is 19.2. The molecule has 0 unspecified atom stereocenters. The summed E-state index contributed by atoms with van der Waals surface area (Å²) in [6.07, 6.45) is 0.717. The predicted octanol–water partition coefficient (Wildman–Crippen LogP) is 4.00. The molecule has 3 aromatic rings. The second-order valence-electron chi connectivity index (χ2n) is 6.21. The van der Waals surface area contributed by atoms with E-state index in [9.17, 15) is 4.79 Å². The van der Waals surface area contributed by atoms with Crippen molar-refractivity contribution in [3.05, 3.63) is 60.2 Å². The highest BCUT2D eigenvalue weighted by Crippen LogP contribution is 2.32. The molecule has 2 amide bonds. The summed E-state index contributed by atoms with van der Waals surface area (Å²) in [5.41, 5.74) is 3.36. The van der Waals surface area contributed by atoms with Gasteiger partial charge < -0.3 is 20.1 Å². The molecule has 0 radical (unpaired) electrons. The van der Waals surface area contributed by atoms with Crippen molar-refractivity contribution in [2.75, 3.05) is 27.8 Å². The van der Waals surface area contributed by atoms with E-state index < -0.39 is 0 Å². The number of carbonyl (C=O) groups is 1. The average Bonchev–Trinajstić information content (AvgIpc) is 2.73. The molecule has 0 saturated carbocycles. The van der Waals surface area contributed by atoms with Gasteiger partial charge in [0.1, 0.15) is 11.5 Å². The van der Waals surface area contributed by atoms with Gasteiger partial charge in [0, 0.05) is 13.6 Å². The quantitative estimate of drug-likeness (QED) is 0.695. The van der Waals surface area contributed by atoms with Crippen molar-refractivity contribution in [1.82, 2.24) is 10.6 Å². The van der Waals surface area contributed by atoms with Gasteiger partial charge in [0.05, 0.1) is 14.2 Å². The van der Waals surface area contributed by atoms with Gasteiger partial charge in [-0.1, -0.05) is 24.3 Å². The zero-order valence-electron chi connectivity index (χ0n) is 15.8. The van der Waals surface area contributed by atoms with Gasteiger partial charge in [-0.05, 0) is 64.2 Å². The Hall–Kier alpha value is -3.21. The van der Waals surface area contributed by atoms with Crippen LogP contribution in [-0.4, -0.2) is 33.8 Å². The van der Waals surface area contributed by atoms with E-state index in [1.165, 1.54) is 0 Å². The first-order valence-corrected chi connectivity index (χ1v) is 8.85. The molecule has 0 saturated heterocycles. The van der Waals surface area contributed by atoms with Crippen LogP contribution in [0.15, 0.2) is 54.6 Å². The van der Waals surface area contributed by atoms with E-state index in [1.807, 2.05) is 30.3 Å². The number of nitrogens with one attached hydrogen (secondary N) is 2. The first kappa shape index (κ1) is 18.6. The smallest absolute Gasteiger partial charge is 0.314 e. The minimum atomic E-state index is -0.180.